The molecule has 1 N–H and O–H groups in total. The normalized spacial score (nSPS) is 12.9. The molecule has 0 radical (unpaired) electrons. The van der Waals surface area contributed by atoms with Crippen molar-refractivity contribution in [2.24, 2.45) is 0 Å². The zero-order chi connectivity index (χ0) is 10.1. The number of aliphatic hydroxyl groups excluding tert-OH is 1. The second-order valence-electron chi connectivity index (χ2n) is 3.37. The van der Waals surface area contributed by atoms with Crippen LogP contribution in [0.2, 0.25) is 6.32 Å². The molecule has 0 aliphatic rings. The van der Waals surface area contributed by atoms with E-state index in [0.29, 0.717) is 6.32 Å². The van der Waals surface area contributed by atoms with Gasteiger partial charge in [0.15, 0.2) is 7.12 Å². The van der Waals surface area contributed by atoms with Crippen molar-refractivity contribution in [3.8, 4) is 0 Å². The zero-order valence-electron chi connectivity index (χ0n) is 8.66. The van der Waals surface area contributed by atoms with Gasteiger partial charge in [-0.15, -0.1) is 0 Å². The van der Waals surface area contributed by atoms with Crippen LogP contribution in [-0.4, -0.2) is 18.5 Å². The van der Waals surface area contributed by atoms with Crippen molar-refractivity contribution in [3.05, 3.63) is 0 Å². The van der Waals surface area contributed by atoms with Gasteiger partial charge in [0.25, 0.3) is 0 Å². The molecule has 0 saturated heterocycles. The molecule has 0 saturated carbocycles. The molecule has 0 bridgehead atoms. The monoisotopic (exact) mass is 187 g/mol. The second-order valence-corrected chi connectivity index (χ2v) is 3.37. The van der Waals surface area contributed by atoms with Gasteiger partial charge in [0.05, 0.1) is 0 Å². The lowest BCUT2D eigenvalue weighted by atomic mass is 9.82. The zero-order valence-corrected chi connectivity index (χ0v) is 8.66. The average Bonchev–Trinajstić information content (AvgIpc) is 2.02. The van der Waals surface area contributed by atoms with Gasteiger partial charge in [-0.3, -0.25) is 0 Å². The van der Waals surface area contributed by atoms with E-state index < -0.39 is 13.4 Å². The summed E-state index contributed by atoms with van der Waals surface area (Å²) in [6.07, 6.45) is 5.22. The van der Waals surface area contributed by atoms with Crippen molar-refractivity contribution in [3.63, 3.8) is 0 Å². The molecular formula is C9H20BO3-. The molecule has 78 valence electrons. The van der Waals surface area contributed by atoms with E-state index in [0.717, 1.165) is 12.8 Å². The summed E-state index contributed by atoms with van der Waals surface area (Å²) >= 11 is 0. The van der Waals surface area contributed by atoms with E-state index in [9.17, 15) is 5.02 Å². The van der Waals surface area contributed by atoms with E-state index in [-0.39, 0.29) is 0 Å². The third-order valence-electron chi connectivity index (χ3n) is 1.89. The van der Waals surface area contributed by atoms with Crippen LogP contribution in [0.25, 0.3) is 0 Å². The predicted octanol–water partition coefficient (Wildman–Crippen LogP) is 1.16. The van der Waals surface area contributed by atoms with Crippen LogP contribution < -0.4 is 5.02 Å². The number of rotatable bonds is 8. The quantitative estimate of drug-likeness (QED) is 0.352. The lowest BCUT2D eigenvalue weighted by molar-refractivity contribution is -0.237. The van der Waals surface area contributed by atoms with Gasteiger partial charge in [0.2, 0.25) is 0 Å². The fourth-order valence-electron chi connectivity index (χ4n) is 1.20. The average molecular weight is 187 g/mol. The lowest BCUT2D eigenvalue weighted by Gasteiger charge is -2.21. The molecule has 0 aliphatic heterocycles. The molecule has 3 nitrogen and oxygen atoms in total. The molecule has 0 fully saturated rings. The van der Waals surface area contributed by atoms with Crippen LogP contribution in [0.1, 0.15) is 46.0 Å². The second kappa shape index (κ2) is 8.54. The topological polar surface area (TPSA) is 52.5 Å². The number of hydrogen-bond donors (Lipinski definition) is 1. The molecule has 0 rings (SSSR count). The smallest absolute Gasteiger partial charge is 0.186 e. The largest absolute Gasteiger partial charge is 0.856 e. The molecule has 0 amide bonds. The van der Waals surface area contributed by atoms with Crippen molar-refractivity contribution < 1.29 is 14.8 Å². The Hall–Kier alpha value is -0.0551. The molecule has 0 aromatic carbocycles. The third kappa shape index (κ3) is 9.86. The minimum Gasteiger partial charge on any atom is -0.856 e. The van der Waals surface area contributed by atoms with Crippen LogP contribution in [0.3, 0.4) is 0 Å². The van der Waals surface area contributed by atoms with Crippen molar-refractivity contribution in [2.45, 2.75) is 58.6 Å². The van der Waals surface area contributed by atoms with E-state index in [1.807, 2.05) is 0 Å². The molecule has 4 heteroatoms. The number of hydrogen-bond acceptors (Lipinski definition) is 3. The third-order valence-corrected chi connectivity index (χ3v) is 1.89. The Balaban J connectivity index is 3.12. The van der Waals surface area contributed by atoms with E-state index in [2.05, 4.69) is 11.6 Å². The van der Waals surface area contributed by atoms with Gasteiger partial charge in [0.1, 0.15) is 6.29 Å². The summed E-state index contributed by atoms with van der Waals surface area (Å²) in [7, 11) is -1.05. The summed E-state index contributed by atoms with van der Waals surface area (Å²) < 4.78 is 4.66. The summed E-state index contributed by atoms with van der Waals surface area (Å²) in [5, 5.41) is 19.7. The summed E-state index contributed by atoms with van der Waals surface area (Å²) in [6, 6.07) is 0. The SMILES string of the molecule is CCCCCCCB([O-])OC(C)O. The molecule has 0 heterocycles. The molecule has 0 aromatic rings. The summed E-state index contributed by atoms with van der Waals surface area (Å²) in [5.74, 6) is 0. The Labute approximate surface area is 81.3 Å². The first-order valence-corrected chi connectivity index (χ1v) is 5.16. The highest BCUT2D eigenvalue weighted by molar-refractivity contribution is 6.40. The van der Waals surface area contributed by atoms with E-state index >= 15 is 0 Å². The summed E-state index contributed by atoms with van der Waals surface area (Å²) in [4.78, 5) is 0. The highest BCUT2D eigenvalue weighted by Gasteiger charge is 2.02. The van der Waals surface area contributed by atoms with Gasteiger partial charge in [-0.2, -0.15) is 0 Å². The van der Waals surface area contributed by atoms with E-state index in [1.165, 1.54) is 26.2 Å². The van der Waals surface area contributed by atoms with Gasteiger partial charge in [-0.25, -0.2) is 0 Å². The highest BCUT2D eigenvalue weighted by Crippen LogP contribution is 2.06. The van der Waals surface area contributed by atoms with Crippen molar-refractivity contribution in [1.29, 1.82) is 0 Å². The maximum atomic E-state index is 11.0. The number of unbranched alkanes of at least 4 members (excludes halogenated alkanes) is 4. The van der Waals surface area contributed by atoms with Crippen LogP contribution in [0, 0.1) is 0 Å². The lowest BCUT2D eigenvalue weighted by Crippen LogP contribution is -2.37. The Morgan fingerprint density at radius 2 is 1.92 bits per heavy atom. The molecule has 0 aliphatic carbocycles. The molecule has 0 aromatic heterocycles. The first-order chi connectivity index (χ1) is 6.16. The molecule has 0 spiro atoms. The van der Waals surface area contributed by atoms with Gasteiger partial charge in [0, 0.05) is 0 Å². The van der Waals surface area contributed by atoms with E-state index in [1.54, 1.807) is 0 Å². The van der Waals surface area contributed by atoms with Crippen LogP contribution in [0.5, 0.6) is 0 Å². The highest BCUT2D eigenvalue weighted by atomic mass is 16.6. The van der Waals surface area contributed by atoms with Gasteiger partial charge in [-0.05, 0) is 6.92 Å². The Morgan fingerprint density at radius 3 is 2.46 bits per heavy atom. The molecule has 13 heavy (non-hydrogen) atoms. The van der Waals surface area contributed by atoms with E-state index in [4.69, 9.17) is 5.11 Å². The Kier molecular flexibility index (Phi) is 8.50. The Bertz CT molecular complexity index is 109. The minimum absolute atomic E-state index is 0.509. The van der Waals surface area contributed by atoms with Crippen LogP contribution in [0.15, 0.2) is 0 Å². The maximum Gasteiger partial charge on any atom is 0.186 e. The number of aliphatic hydroxyl groups is 1. The first-order valence-electron chi connectivity index (χ1n) is 5.16. The standard InChI is InChI=1S/C9H20BO3/c1-3-4-5-6-7-8-10(12)13-9(2)11/h9,11H,3-8H2,1-2H3/q-1. The van der Waals surface area contributed by atoms with Crippen molar-refractivity contribution in [2.75, 3.05) is 0 Å². The minimum atomic E-state index is -1.05. The first kappa shape index (κ1) is 12.9. The van der Waals surface area contributed by atoms with Crippen molar-refractivity contribution >= 4 is 7.12 Å². The fraction of sp³-hybridized carbons (Fsp3) is 1.00. The predicted molar refractivity (Wildman–Crippen MR) is 52.1 cm³/mol. The molecule has 1 unspecified atom stereocenters. The maximum absolute atomic E-state index is 11.0. The van der Waals surface area contributed by atoms with Crippen LogP contribution in [-0.2, 0) is 4.65 Å². The van der Waals surface area contributed by atoms with Crippen LogP contribution in [0.4, 0.5) is 0 Å². The Morgan fingerprint density at radius 1 is 1.31 bits per heavy atom. The van der Waals surface area contributed by atoms with Gasteiger partial charge in [-0.1, -0.05) is 45.3 Å². The summed E-state index contributed by atoms with van der Waals surface area (Å²) in [5.41, 5.74) is 0. The summed E-state index contributed by atoms with van der Waals surface area (Å²) in [6.45, 7) is 3.62. The van der Waals surface area contributed by atoms with Gasteiger partial charge < -0.3 is 14.8 Å². The van der Waals surface area contributed by atoms with Crippen LogP contribution >= 0.6 is 0 Å². The molecule has 1 atom stereocenters. The van der Waals surface area contributed by atoms with Crippen molar-refractivity contribution in [1.82, 2.24) is 0 Å². The van der Waals surface area contributed by atoms with Gasteiger partial charge >= 0.3 is 0 Å². The molecular weight excluding hydrogens is 167 g/mol. The fourth-order valence-corrected chi connectivity index (χ4v) is 1.20.